The molecule has 0 spiro atoms. The van der Waals surface area contributed by atoms with E-state index in [9.17, 15) is 0 Å². The highest BCUT2D eigenvalue weighted by molar-refractivity contribution is 7.02. The van der Waals surface area contributed by atoms with Gasteiger partial charge in [-0.2, -0.15) is 0 Å². The normalized spacial score (nSPS) is 12.5. The molecule has 0 aromatic heterocycles. The van der Waals surface area contributed by atoms with E-state index in [4.69, 9.17) is 4.74 Å². The zero-order valence-corrected chi connectivity index (χ0v) is 43.7. The van der Waals surface area contributed by atoms with Crippen molar-refractivity contribution in [1.29, 1.82) is 0 Å². The first-order valence-electron chi connectivity index (χ1n) is 27.4. The van der Waals surface area contributed by atoms with Crippen molar-refractivity contribution in [3.63, 3.8) is 0 Å². The molecule has 3 heterocycles. The van der Waals surface area contributed by atoms with E-state index in [1.54, 1.807) is 0 Å². The Kier molecular flexibility index (Phi) is 11.6. The molecule has 0 bridgehead atoms. The molecular formula is C72H51B2N5O. The summed E-state index contributed by atoms with van der Waals surface area (Å²) in [5.41, 5.74) is 21.7. The smallest absolute Gasteiger partial charge is 0.256 e. The van der Waals surface area contributed by atoms with Crippen LogP contribution in [0.3, 0.4) is 0 Å². The van der Waals surface area contributed by atoms with Crippen molar-refractivity contribution in [2.75, 3.05) is 24.9 Å². The summed E-state index contributed by atoms with van der Waals surface area (Å²) in [7, 11) is 0. The Balaban J connectivity index is 1.01. The Morgan fingerprint density at radius 2 is 0.738 bits per heavy atom. The number of fused-ring (bicyclic) bond motifs is 6. The van der Waals surface area contributed by atoms with Gasteiger partial charge < -0.3 is 29.7 Å². The lowest BCUT2D eigenvalue weighted by Gasteiger charge is -2.43. The van der Waals surface area contributed by atoms with Crippen LogP contribution in [0.25, 0.3) is 0 Å². The largest absolute Gasteiger partial charge is 0.458 e. The third kappa shape index (κ3) is 8.07. The molecule has 8 heteroatoms. The zero-order valence-electron chi connectivity index (χ0n) is 43.7. The van der Waals surface area contributed by atoms with Gasteiger partial charge in [-0.3, -0.25) is 0 Å². The Hall–Kier alpha value is -10.4. The van der Waals surface area contributed by atoms with Gasteiger partial charge in [-0.15, -0.1) is 0 Å². The number of anilines is 14. The number of nitrogens with zero attached hydrogens (tertiary/aromatic N) is 4. The summed E-state index contributed by atoms with van der Waals surface area (Å²) in [6, 6.07) is 109. The molecule has 12 aromatic rings. The fourth-order valence-electron chi connectivity index (χ4n) is 12.5. The lowest BCUT2D eigenvalue weighted by Crippen LogP contribution is -2.63. The molecule has 3 aliphatic heterocycles. The second-order valence-electron chi connectivity index (χ2n) is 20.5. The van der Waals surface area contributed by atoms with Crippen molar-refractivity contribution in [2.45, 2.75) is 0 Å². The lowest BCUT2D eigenvalue weighted by molar-refractivity contribution is 0.488. The highest BCUT2D eigenvalue weighted by atomic mass is 16.5. The minimum atomic E-state index is -0.207. The molecule has 80 heavy (non-hydrogen) atoms. The predicted octanol–water partition coefficient (Wildman–Crippen LogP) is 15.1. The second-order valence-corrected chi connectivity index (χ2v) is 20.5. The van der Waals surface area contributed by atoms with Crippen molar-refractivity contribution in [1.82, 2.24) is 0 Å². The molecule has 15 rings (SSSR count). The van der Waals surface area contributed by atoms with Gasteiger partial charge in [0.25, 0.3) is 6.71 Å². The van der Waals surface area contributed by atoms with Crippen LogP contribution in [0.5, 0.6) is 11.5 Å². The fourth-order valence-corrected chi connectivity index (χ4v) is 12.5. The molecule has 0 saturated carbocycles. The van der Waals surface area contributed by atoms with Gasteiger partial charge in [-0.25, -0.2) is 0 Å². The molecule has 0 fully saturated rings. The molecule has 3 aliphatic rings. The summed E-state index contributed by atoms with van der Waals surface area (Å²) in [6.45, 7) is -0.374. The van der Waals surface area contributed by atoms with E-state index in [1.165, 1.54) is 21.9 Å². The maximum absolute atomic E-state index is 7.65. The van der Waals surface area contributed by atoms with Crippen LogP contribution in [-0.2, 0) is 0 Å². The van der Waals surface area contributed by atoms with Crippen LogP contribution in [0, 0.1) is 0 Å². The van der Waals surface area contributed by atoms with Gasteiger partial charge in [0.2, 0.25) is 6.71 Å². The van der Waals surface area contributed by atoms with Crippen LogP contribution in [0.1, 0.15) is 0 Å². The Bertz CT molecular complexity index is 4120. The number of benzene rings is 12. The monoisotopic (exact) mass is 1020 g/mol. The molecule has 12 aromatic carbocycles. The second kappa shape index (κ2) is 19.9. The number of nitrogens with one attached hydrogen (secondary N) is 1. The molecule has 376 valence electrons. The number of hydrogen-bond acceptors (Lipinski definition) is 6. The first-order valence-corrected chi connectivity index (χ1v) is 27.4. The van der Waals surface area contributed by atoms with Gasteiger partial charge in [-0.05, 0) is 137 Å². The fraction of sp³-hybridized carbons (Fsp3) is 0. The molecule has 0 saturated heterocycles. The first kappa shape index (κ1) is 46.8. The Morgan fingerprint density at radius 1 is 0.300 bits per heavy atom. The molecule has 0 atom stereocenters. The van der Waals surface area contributed by atoms with Gasteiger partial charge in [0.1, 0.15) is 11.5 Å². The number of ether oxygens (including phenoxy) is 1. The average molecular weight is 1020 g/mol. The zero-order chi connectivity index (χ0) is 52.9. The number of rotatable bonds is 11. The van der Waals surface area contributed by atoms with E-state index in [-0.39, 0.29) is 13.4 Å². The molecule has 6 nitrogen and oxygen atoms in total. The predicted molar refractivity (Wildman–Crippen MR) is 337 cm³/mol. The van der Waals surface area contributed by atoms with Gasteiger partial charge in [0.15, 0.2) is 0 Å². The third-order valence-corrected chi connectivity index (χ3v) is 15.8. The van der Waals surface area contributed by atoms with E-state index in [1.807, 2.05) is 0 Å². The van der Waals surface area contributed by atoms with Crippen LogP contribution in [-0.4, -0.2) is 13.4 Å². The Morgan fingerprint density at radius 3 is 1.27 bits per heavy atom. The molecule has 1 N–H and O–H groups in total. The van der Waals surface area contributed by atoms with Crippen LogP contribution in [0.15, 0.2) is 303 Å². The van der Waals surface area contributed by atoms with Crippen molar-refractivity contribution in [3.8, 4) is 11.5 Å². The first-order chi connectivity index (χ1) is 39.7. The van der Waals surface area contributed by atoms with Crippen LogP contribution >= 0.6 is 0 Å². The van der Waals surface area contributed by atoms with Gasteiger partial charge in [0.05, 0.1) is 11.4 Å². The SMILES string of the molecule is c1ccc(Nc2cc(N(c3ccccc3)c3ccccc3)cc3c2B(c2ccccc2)c2cc4c(cc2N3c2ccccc2)Oc2cc(N(c3ccccc3)c3ccccc3)cc3c2B4c2ccccc2N3c2ccccc2)cc1. The van der Waals surface area contributed by atoms with Crippen molar-refractivity contribution in [2.24, 2.45) is 0 Å². The summed E-state index contributed by atoms with van der Waals surface area (Å²) in [6.07, 6.45) is 0. The molecule has 0 aliphatic carbocycles. The average Bonchev–Trinajstić information content (AvgIpc) is 3.53. The van der Waals surface area contributed by atoms with E-state index < -0.39 is 0 Å². The molecule has 0 amide bonds. The van der Waals surface area contributed by atoms with Gasteiger partial charge in [0, 0.05) is 80.4 Å². The van der Waals surface area contributed by atoms with Gasteiger partial charge >= 0.3 is 0 Å². The molecule has 0 radical (unpaired) electrons. The lowest BCUT2D eigenvalue weighted by atomic mass is 9.31. The van der Waals surface area contributed by atoms with E-state index in [0.717, 1.165) is 102 Å². The van der Waals surface area contributed by atoms with Crippen molar-refractivity contribution >= 4 is 126 Å². The summed E-state index contributed by atoms with van der Waals surface area (Å²) in [5.74, 6) is 1.64. The highest BCUT2D eigenvalue weighted by Crippen LogP contribution is 2.48. The minimum Gasteiger partial charge on any atom is -0.458 e. The van der Waals surface area contributed by atoms with Gasteiger partial charge in [-0.1, -0.05) is 187 Å². The third-order valence-electron chi connectivity index (χ3n) is 15.8. The topological polar surface area (TPSA) is 34.2 Å². The Labute approximate surface area is 467 Å². The maximum Gasteiger partial charge on any atom is 0.256 e. The standard InChI is InChI=1S/C72H51B2N5O/c1-9-27-51(28-10-1)73-62-49-63-69(80-70-48-60(77(55-35-17-5-18-36-55)56-37-19-6-20-38-56)47-68-72(70)74(63)61-43-25-26-44-65(61)78(68)57-39-21-7-22-40-57)50-66(62)79(58-41-23-8-24-42-58)67-46-59(45-64(71(67)73)75-52-29-11-2-12-30-52)76(53-31-13-3-14-32-53)54-33-15-4-16-34-54/h1-50,75H. The maximum atomic E-state index is 7.65. The molecular weight excluding hydrogens is 972 g/mol. The van der Waals surface area contributed by atoms with Crippen LogP contribution in [0.2, 0.25) is 0 Å². The van der Waals surface area contributed by atoms with E-state index in [0.29, 0.717) is 0 Å². The molecule has 0 unspecified atom stereocenters. The quantitative estimate of drug-likeness (QED) is 0.130. The van der Waals surface area contributed by atoms with Crippen LogP contribution in [0.4, 0.5) is 79.6 Å². The number of para-hydroxylation sites is 8. The highest BCUT2D eigenvalue weighted by Gasteiger charge is 2.46. The summed E-state index contributed by atoms with van der Waals surface area (Å²) in [4.78, 5) is 9.61. The van der Waals surface area contributed by atoms with Crippen molar-refractivity contribution < 1.29 is 4.74 Å². The summed E-state index contributed by atoms with van der Waals surface area (Å²) >= 11 is 0. The van der Waals surface area contributed by atoms with Crippen LogP contribution < -0.4 is 62.4 Å². The summed E-state index contributed by atoms with van der Waals surface area (Å²) in [5, 5.41) is 4.03. The van der Waals surface area contributed by atoms with E-state index >= 15 is 0 Å². The summed E-state index contributed by atoms with van der Waals surface area (Å²) < 4.78 is 7.65. The van der Waals surface area contributed by atoms with E-state index in [2.05, 4.69) is 328 Å². The number of hydrogen-bond donors (Lipinski definition) is 1. The minimum absolute atomic E-state index is 0.168. The van der Waals surface area contributed by atoms with Crippen molar-refractivity contribution in [3.05, 3.63) is 303 Å².